The van der Waals surface area contributed by atoms with Crippen molar-refractivity contribution in [1.82, 2.24) is 0 Å². The normalized spacial score (nSPS) is 12.5. The number of hydrogen-bond acceptors (Lipinski definition) is 1. The summed E-state index contributed by atoms with van der Waals surface area (Å²) >= 11 is 5.76. The number of carbonyl (C=O) groups excluding carboxylic acids is 1. The minimum absolute atomic E-state index is 0.215. The highest BCUT2D eigenvalue weighted by molar-refractivity contribution is 6.30. The summed E-state index contributed by atoms with van der Waals surface area (Å²) in [6, 6.07) is 7.11. The third-order valence-corrected chi connectivity index (χ3v) is 2.98. The molecule has 1 atom stereocenters. The van der Waals surface area contributed by atoms with Crippen molar-refractivity contribution >= 4 is 17.4 Å². The van der Waals surface area contributed by atoms with Crippen molar-refractivity contribution in [3.8, 4) is 0 Å². The van der Waals surface area contributed by atoms with Crippen molar-refractivity contribution in [2.24, 2.45) is 5.92 Å². The number of rotatable bonds is 5. The van der Waals surface area contributed by atoms with E-state index in [0.717, 1.165) is 18.4 Å². The van der Waals surface area contributed by atoms with Crippen LogP contribution in [0.3, 0.4) is 0 Å². The van der Waals surface area contributed by atoms with E-state index in [1.165, 1.54) is 0 Å². The van der Waals surface area contributed by atoms with Crippen LogP contribution < -0.4 is 0 Å². The van der Waals surface area contributed by atoms with E-state index in [2.05, 4.69) is 13.8 Å². The molecular formula is C13H17ClO. The summed E-state index contributed by atoms with van der Waals surface area (Å²) in [6.07, 6.45) is 2.74. The number of carbonyl (C=O) groups is 1. The van der Waals surface area contributed by atoms with Crippen molar-refractivity contribution in [2.75, 3.05) is 0 Å². The molecule has 0 radical (unpaired) electrons. The second-order valence-electron chi connectivity index (χ2n) is 3.98. The van der Waals surface area contributed by atoms with Crippen LogP contribution in [0, 0.1) is 5.92 Å². The Hall–Kier alpha value is -0.820. The Morgan fingerprint density at radius 3 is 2.47 bits per heavy atom. The molecular weight excluding hydrogens is 208 g/mol. The molecule has 0 aliphatic carbocycles. The molecule has 1 aromatic rings. The summed E-state index contributed by atoms with van der Waals surface area (Å²) in [5.74, 6) is 0.841. The second-order valence-corrected chi connectivity index (χ2v) is 4.42. The molecule has 0 aromatic heterocycles. The number of ketones is 1. The predicted molar refractivity (Wildman–Crippen MR) is 64.5 cm³/mol. The van der Waals surface area contributed by atoms with Gasteiger partial charge in [-0.15, -0.1) is 0 Å². The average molecular weight is 225 g/mol. The Kier molecular flexibility index (Phi) is 4.83. The zero-order chi connectivity index (χ0) is 11.3. The van der Waals surface area contributed by atoms with E-state index in [9.17, 15) is 4.79 Å². The van der Waals surface area contributed by atoms with Crippen LogP contribution in [0.25, 0.3) is 0 Å². The van der Waals surface area contributed by atoms with Crippen molar-refractivity contribution < 1.29 is 4.79 Å². The van der Waals surface area contributed by atoms with Gasteiger partial charge in [-0.05, 0) is 36.6 Å². The van der Waals surface area contributed by atoms with Gasteiger partial charge in [0.25, 0.3) is 0 Å². The quantitative estimate of drug-likeness (QED) is 0.680. The largest absolute Gasteiger partial charge is 0.294 e. The molecule has 0 N–H and O–H groups in total. The molecule has 0 saturated carbocycles. The zero-order valence-electron chi connectivity index (χ0n) is 9.29. The fourth-order valence-corrected chi connectivity index (χ4v) is 1.49. The van der Waals surface area contributed by atoms with Crippen LogP contribution in [0.5, 0.6) is 0 Å². The molecule has 1 aromatic carbocycles. The van der Waals surface area contributed by atoms with Gasteiger partial charge >= 0.3 is 0 Å². The van der Waals surface area contributed by atoms with E-state index in [-0.39, 0.29) is 5.78 Å². The van der Waals surface area contributed by atoms with Crippen LogP contribution in [0.2, 0.25) is 5.02 Å². The van der Waals surface area contributed by atoms with Crippen molar-refractivity contribution in [2.45, 2.75) is 33.1 Å². The maximum absolute atomic E-state index is 11.7. The fraction of sp³-hybridized carbons (Fsp3) is 0.462. The topological polar surface area (TPSA) is 17.1 Å². The molecule has 0 heterocycles. The van der Waals surface area contributed by atoms with Gasteiger partial charge < -0.3 is 0 Å². The van der Waals surface area contributed by atoms with Gasteiger partial charge in [-0.25, -0.2) is 0 Å². The number of Topliss-reactive ketones (excluding diaryl/α,β-unsaturated/α-hetero) is 1. The van der Waals surface area contributed by atoms with Crippen LogP contribution in [0.4, 0.5) is 0 Å². The van der Waals surface area contributed by atoms with Gasteiger partial charge in [-0.1, -0.05) is 31.9 Å². The second kappa shape index (κ2) is 5.92. The van der Waals surface area contributed by atoms with Crippen molar-refractivity contribution in [1.29, 1.82) is 0 Å². The van der Waals surface area contributed by atoms with Gasteiger partial charge in [0.2, 0.25) is 0 Å². The van der Waals surface area contributed by atoms with E-state index >= 15 is 0 Å². The molecule has 0 spiro atoms. The maximum atomic E-state index is 11.7. The molecule has 0 unspecified atom stereocenters. The summed E-state index contributed by atoms with van der Waals surface area (Å²) in [5.41, 5.74) is 0.766. The molecule has 82 valence electrons. The monoisotopic (exact) mass is 224 g/mol. The molecule has 1 rings (SSSR count). The lowest BCUT2D eigenvalue weighted by Crippen LogP contribution is -2.02. The number of hydrogen-bond donors (Lipinski definition) is 0. The van der Waals surface area contributed by atoms with Crippen LogP contribution in [-0.2, 0) is 0 Å². The minimum Gasteiger partial charge on any atom is -0.294 e. The standard InChI is InChI=1S/C13H17ClO/c1-3-10(2)4-9-13(15)11-5-7-12(14)8-6-11/h5-8,10H,3-4,9H2,1-2H3/t10-/m0/s1. The van der Waals surface area contributed by atoms with E-state index in [1.807, 2.05) is 0 Å². The highest BCUT2D eigenvalue weighted by atomic mass is 35.5. The van der Waals surface area contributed by atoms with Gasteiger partial charge in [0.15, 0.2) is 5.78 Å². The van der Waals surface area contributed by atoms with E-state index < -0.39 is 0 Å². The lowest BCUT2D eigenvalue weighted by Gasteiger charge is -2.06. The smallest absolute Gasteiger partial charge is 0.162 e. The molecule has 15 heavy (non-hydrogen) atoms. The third-order valence-electron chi connectivity index (χ3n) is 2.73. The Morgan fingerprint density at radius 2 is 1.93 bits per heavy atom. The highest BCUT2D eigenvalue weighted by Crippen LogP contribution is 2.15. The molecule has 0 fully saturated rings. The molecule has 2 heteroatoms. The zero-order valence-corrected chi connectivity index (χ0v) is 10.1. The fourth-order valence-electron chi connectivity index (χ4n) is 1.36. The SMILES string of the molecule is CC[C@H](C)CCC(=O)c1ccc(Cl)cc1. The molecule has 1 nitrogen and oxygen atoms in total. The van der Waals surface area contributed by atoms with Crippen LogP contribution >= 0.6 is 11.6 Å². The van der Waals surface area contributed by atoms with E-state index in [1.54, 1.807) is 24.3 Å². The first-order chi connectivity index (χ1) is 7.13. The summed E-state index contributed by atoms with van der Waals surface area (Å²) in [4.78, 5) is 11.7. The van der Waals surface area contributed by atoms with Gasteiger partial charge in [-0.3, -0.25) is 4.79 Å². The summed E-state index contributed by atoms with van der Waals surface area (Å²) < 4.78 is 0. The highest BCUT2D eigenvalue weighted by Gasteiger charge is 2.07. The lowest BCUT2D eigenvalue weighted by molar-refractivity contribution is 0.0974. The van der Waals surface area contributed by atoms with Crippen molar-refractivity contribution in [3.05, 3.63) is 34.9 Å². The maximum Gasteiger partial charge on any atom is 0.162 e. The Balaban J connectivity index is 2.50. The molecule has 0 amide bonds. The van der Waals surface area contributed by atoms with Crippen LogP contribution in [0.15, 0.2) is 24.3 Å². The summed E-state index contributed by atoms with van der Waals surface area (Å²) in [6.45, 7) is 4.33. The first-order valence-electron chi connectivity index (χ1n) is 5.42. The summed E-state index contributed by atoms with van der Waals surface area (Å²) in [7, 11) is 0. The predicted octanol–water partition coefficient (Wildman–Crippen LogP) is 4.35. The van der Waals surface area contributed by atoms with Gasteiger partial charge in [0.1, 0.15) is 0 Å². The first-order valence-corrected chi connectivity index (χ1v) is 5.80. The number of benzene rings is 1. The van der Waals surface area contributed by atoms with Gasteiger partial charge in [-0.2, -0.15) is 0 Å². The minimum atomic E-state index is 0.215. The van der Waals surface area contributed by atoms with Crippen molar-refractivity contribution in [3.63, 3.8) is 0 Å². The molecule has 0 bridgehead atoms. The number of halogens is 1. The Morgan fingerprint density at radius 1 is 1.33 bits per heavy atom. The molecule has 0 aliphatic heterocycles. The molecule has 0 aliphatic rings. The van der Waals surface area contributed by atoms with Crippen LogP contribution in [0.1, 0.15) is 43.5 Å². The third kappa shape index (κ3) is 4.05. The first kappa shape index (κ1) is 12.3. The summed E-state index contributed by atoms with van der Waals surface area (Å²) in [5, 5.41) is 0.675. The van der Waals surface area contributed by atoms with Crippen LogP contribution in [-0.4, -0.2) is 5.78 Å². The van der Waals surface area contributed by atoms with Gasteiger partial charge in [0.05, 0.1) is 0 Å². The lowest BCUT2D eigenvalue weighted by atomic mass is 9.98. The van der Waals surface area contributed by atoms with E-state index in [4.69, 9.17) is 11.6 Å². The Labute approximate surface area is 96.5 Å². The Bertz CT molecular complexity index is 316. The van der Waals surface area contributed by atoms with Gasteiger partial charge in [0, 0.05) is 17.0 Å². The van der Waals surface area contributed by atoms with E-state index in [0.29, 0.717) is 17.4 Å². The molecule has 0 saturated heterocycles. The average Bonchev–Trinajstić information content (AvgIpc) is 2.26.